The Hall–Kier alpha value is -0.297. The SMILES string of the molecule is C1=CCCC[CH-]1.CC(C)(C)C(=O)[O-].[Zn+2]. The summed E-state index contributed by atoms with van der Waals surface area (Å²) < 4.78 is 0. The first-order chi connectivity index (χ1) is 5.94. The fraction of sp³-hybridized carbons (Fsp3) is 0.636. The molecule has 0 spiro atoms. The van der Waals surface area contributed by atoms with E-state index in [4.69, 9.17) is 0 Å². The van der Waals surface area contributed by atoms with Crippen molar-refractivity contribution >= 4 is 5.97 Å². The van der Waals surface area contributed by atoms with E-state index in [9.17, 15) is 9.90 Å². The molecule has 0 heterocycles. The number of hydrogen-bond donors (Lipinski definition) is 0. The predicted octanol–water partition coefficient (Wildman–Crippen LogP) is 1.71. The summed E-state index contributed by atoms with van der Waals surface area (Å²) >= 11 is 0. The van der Waals surface area contributed by atoms with Crippen LogP contribution in [-0.2, 0) is 24.3 Å². The van der Waals surface area contributed by atoms with Gasteiger partial charge in [0, 0.05) is 11.4 Å². The Kier molecular flexibility index (Phi) is 9.28. The van der Waals surface area contributed by atoms with Gasteiger partial charge in [-0.15, -0.1) is 12.8 Å². The van der Waals surface area contributed by atoms with Crippen molar-refractivity contribution in [1.82, 2.24) is 0 Å². The third kappa shape index (κ3) is 9.79. The number of carboxylic acid groups (broad SMARTS) is 1. The molecule has 0 aliphatic heterocycles. The molecule has 0 N–H and O–H groups in total. The fourth-order valence-electron chi connectivity index (χ4n) is 0.642. The summed E-state index contributed by atoms with van der Waals surface area (Å²) in [4.78, 5) is 9.91. The van der Waals surface area contributed by atoms with Crippen molar-refractivity contribution in [2.24, 2.45) is 5.41 Å². The first-order valence-corrected chi connectivity index (χ1v) is 4.64. The van der Waals surface area contributed by atoms with Crippen LogP contribution in [0, 0.1) is 11.8 Å². The van der Waals surface area contributed by atoms with E-state index in [-0.39, 0.29) is 19.5 Å². The number of carboxylic acids is 1. The molecule has 0 amide bonds. The van der Waals surface area contributed by atoms with Gasteiger partial charge in [0.05, 0.1) is 0 Å². The van der Waals surface area contributed by atoms with E-state index < -0.39 is 11.4 Å². The topological polar surface area (TPSA) is 40.1 Å². The molecule has 0 aromatic carbocycles. The van der Waals surface area contributed by atoms with Gasteiger partial charge >= 0.3 is 19.5 Å². The summed E-state index contributed by atoms with van der Waals surface area (Å²) in [5, 5.41) is 9.91. The van der Waals surface area contributed by atoms with Gasteiger partial charge in [-0.2, -0.15) is 0 Å². The van der Waals surface area contributed by atoms with Crippen molar-refractivity contribution in [3.05, 3.63) is 18.6 Å². The molecule has 1 aliphatic rings. The molecule has 2 nitrogen and oxygen atoms in total. The molecule has 0 unspecified atom stereocenters. The van der Waals surface area contributed by atoms with Crippen LogP contribution in [0.3, 0.4) is 0 Å². The van der Waals surface area contributed by atoms with Crippen LogP contribution in [0.4, 0.5) is 0 Å². The number of carbonyl (C=O) groups is 1. The van der Waals surface area contributed by atoms with Crippen molar-refractivity contribution in [2.75, 3.05) is 0 Å². The first kappa shape index (κ1) is 16.1. The molecule has 0 aromatic rings. The van der Waals surface area contributed by atoms with E-state index in [1.165, 1.54) is 19.3 Å². The molecule has 0 saturated heterocycles. The summed E-state index contributed by atoms with van der Waals surface area (Å²) in [6, 6.07) is 0. The molecular formula is C11H18O2Zn. The van der Waals surface area contributed by atoms with Crippen molar-refractivity contribution in [3.63, 3.8) is 0 Å². The Morgan fingerprint density at radius 2 is 1.93 bits per heavy atom. The number of hydrogen-bond acceptors (Lipinski definition) is 2. The second-order valence-corrected chi connectivity index (χ2v) is 4.13. The average molecular weight is 248 g/mol. The number of rotatable bonds is 0. The van der Waals surface area contributed by atoms with E-state index in [1.54, 1.807) is 20.8 Å². The monoisotopic (exact) mass is 246 g/mol. The number of carbonyl (C=O) groups excluding carboxylic acids is 1. The van der Waals surface area contributed by atoms with Gasteiger partial charge in [-0.25, -0.2) is 18.6 Å². The minimum absolute atomic E-state index is 0. The van der Waals surface area contributed by atoms with Crippen molar-refractivity contribution in [1.29, 1.82) is 0 Å². The number of allylic oxidation sites excluding steroid dienone is 2. The molecule has 1 rings (SSSR count). The number of aliphatic carboxylic acids is 1. The first-order valence-electron chi connectivity index (χ1n) is 4.64. The summed E-state index contributed by atoms with van der Waals surface area (Å²) in [5.41, 5.74) is -0.694. The molecule has 0 radical (unpaired) electrons. The van der Waals surface area contributed by atoms with Gasteiger partial charge in [0.1, 0.15) is 0 Å². The Morgan fingerprint density at radius 1 is 1.43 bits per heavy atom. The standard InChI is InChI=1S/C6H9.C5H10O2.Zn/c1-2-4-6-5-3-1;1-5(2,3)4(6)7;/h1-3H,4-6H2;1-3H3,(H,6,7);/q-1;;+2/p-1. The van der Waals surface area contributed by atoms with Crippen LogP contribution >= 0.6 is 0 Å². The van der Waals surface area contributed by atoms with Crippen LogP contribution in [-0.4, -0.2) is 5.97 Å². The molecular weight excluding hydrogens is 230 g/mol. The Bertz CT molecular complexity index is 172. The predicted molar refractivity (Wildman–Crippen MR) is 51.8 cm³/mol. The molecule has 0 saturated carbocycles. The van der Waals surface area contributed by atoms with E-state index in [2.05, 4.69) is 18.6 Å². The largest absolute Gasteiger partial charge is 2.00 e. The zero-order chi connectivity index (χ0) is 10.3. The van der Waals surface area contributed by atoms with Gasteiger partial charge in [-0.3, -0.25) is 0 Å². The van der Waals surface area contributed by atoms with Crippen LogP contribution in [0.2, 0.25) is 0 Å². The van der Waals surface area contributed by atoms with Gasteiger partial charge < -0.3 is 9.90 Å². The van der Waals surface area contributed by atoms with Gasteiger partial charge in [0.2, 0.25) is 0 Å². The van der Waals surface area contributed by atoms with Crippen LogP contribution in [0.5, 0.6) is 0 Å². The van der Waals surface area contributed by atoms with Gasteiger partial charge in [0.25, 0.3) is 0 Å². The van der Waals surface area contributed by atoms with Crippen LogP contribution in [0.25, 0.3) is 0 Å². The van der Waals surface area contributed by atoms with E-state index >= 15 is 0 Å². The van der Waals surface area contributed by atoms with Gasteiger partial charge in [-0.05, 0) is 0 Å². The molecule has 76 valence electrons. The van der Waals surface area contributed by atoms with Crippen LogP contribution in [0.15, 0.2) is 12.2 Å². The smallest absolute Gasteiger partial charge is 0.550 e. The molecule has 0 fully saturated rings. The fourth-order valence-corrected chi connectivity index (χ4v) is 0.642. The van der Waals surface area contributed by atoms with Crippen molar-refractivity contribution in [3.8, 4) is 0 Å². The second kappa shape index (κ2) is 8.05. The average Bonchev–Trinajstić information content (AvgIpc) is 2.07. The van der Waals surface area contributed by atoms with Gasteiger partial charge in [-0.1, -0.05) is 27.2 Å². The summed E-state index contributed by atoms with van der Waals surface area (Å²) in [7, 11) is 0. The normalized spacial score (nSPS) is 14.2. The summed E-state index contributed by atoms with van der Waals surface area (Å²) in [5.74, 6) is -1.01. The quantitative estimate of drug-likeness (QED) is 0.483. The van der Waals surface area contributed by atoms with Crippen LogP contribution < -0.4 is 5.11 Å². The third-order valence-electron chi connectivity index (χ3n) is 1.63. The Balaban J connectivity index is 0. The molecule has 0 bridgehead atoms. The van der Waals surface area contributed by atoms with Crippen LogP contribution in [0.1, 0.15) is 40.0 Å². The second-order valence-electron chi connectivity index (χ2n) is 4.13. The Labute approximate surface area is 99.5 Å². The summed E-state index contributed by atoms with van der Waals surface area (Å²) in [6.45, 7) is 4.80. The molecule has 0 aromatic heterocycles. The summed E-state index contributed by atoms with van der Waals surface area (Å²) in [6.07, 6.45) is 10.5. The Morgan fingerprint density at radius 3 is 2.00 bits per heavy atom. The molecule has 1 aliphatic carbocycles. The van der Waals surface area contributed by atoms with E-state index in [0.717, 1.165) is 0 Å². The molecule has 14 heavy (non-hydrogen) atoms. The maximum atomic E-state index is 9.91. The molecule has 0 atom stereocenters. The third-order valence-corrected chi connectivity index (χ3v) is 1.63. The van der Waals surface area contributed by atoms with Crippen molar-refractivity contribution in [2.45, 2.75) is 40.0 Å². The van der Waals surface area contributed by atoms with Crippen molar-refractivity contribution < 1.29 is 29.4 Å². The minimum atomic E-state index is -1.01. The minimum Gasteiger partial charge on any atom is -0.550 e. The zero-order valence-electron chi connectivity index (χ0n) is 9.38. The van der Waals surface area contributed by atoms with E-state index in [0.29, 0.717) is 0 Å². The maximum Gasteiger partial charge on any atom is 2.00 e. The molecule has 3 heteroatoms. The maximum absolute atomic E-state index is 9.91. The zero-order valence-corrected chi connectivity index (χ0v) is 12.3. The van der Waals surface area contributed by atoms with E-state index in [1.807, 2.05) is 0 Å². The van der Waals surface area contributed by atoms with Gasteiger partial charge in [0.15, 0.2) is 0 Å².